The third-order valence-electron chi connectivity index (χ3n) is 2.92. The van der Waals surface area contributed by atoms with Crippen LogP contribution in [0.2, 0.25) is 0 Å². The molecule has 0 amide bonds. The molecule has 1 aliphatic heterocycles. The molecule has 1 aromatic rings. The lowest BCUT2D eigenvalue weighted by molar-refractivity contribution is 0.611. The van der Waals surface area contributed by atoms with E-state index in [1.165, 1.54) is 5.75 Å². The highest BCUT2D eigenvalue weighted by molar-refractivity contribution is 8.00. The van der Waals surface area contributed by atoms with Crippen LogP contribution in [0.5, 0.6) is 0 Å². The van der Waals surface area contributed by atoms with Crippen molar-refractivity contribution < 1.29 is 0 Å². The zero-order chi connectivity index (χ0) is 10.8. The summed E-state index contributed by atoms with van der Waals surface area (Å²) < 4.78 is 0. The maximum absolute atomic E-state index is 4.49. The number of thioether (sulfide) groups is 1. The van der Waals surface area contributed by atoms with Gasteiger partial charge in [0.2, 0.25) is 5.95 Å². The average molecular weight is 223 g/mol. The number of aromatic nitrogens is 2. The Labute approximate surface area is 95.3 Å². The van der Waals surface area contributed by atoms with Crippen LogP contribution < -0.4 is 4.90 Å². The van der Waals surface area contributed by atoms with Crippen LogP contribution in [0.1, 0.15) is 19.5 Å². The molecule has 15 heavy (non-hydrogen) atoms. The second kappa shape index (κ2) is 4.39. The molecule has 82 valence electrons. The van der Waals surface area contributed by atoms with E-state index in [0.29, 0.717) is 11.3 Å². The van der Waals surface area contributed by atoms with Gasteiger partial charge in [0.15, 0.2) is 0 Å². The topological polar surface area (TPSA) is 29.0 Å². The Kier molecular flexibility index (Phi) is 3.14. The molecule has 1 aliphatic rings. The Morgan fingerprint density at radius 3 is 3.00 bits per heavy atom. The highest BCUT2D eigenvalue weighted by Gasteiger charge is 2.26. The third-order valence-corrected chi connectivity index (χ3v) is 4.26. The molecule has 3 nitrogen and oxygen atoms in total. The normalized spacial score (nSPS) is 26.7. The van der Waals surface area contributed by atoms with Crippen molar-refractivity contribution in [2.75, 3.05) is 17.2 Å². The van der Waals surface area contributed by atoms with E-state index in [0.717, 1.165) is 18.2 Å². The fourth-order valence-corrected chi connectivity index (χ4v) is 2.89. The van der Waals surface area contributed by atoms with Crippen molar-refractivity contribution in [1.29, 1.82) is 0 Å². The zero-order valence-electron chi connectivity index (χ0n) is 9.47. The lowest BCUT2D eigenvalue weighted by Crippen LogP contribution is -2.45. The summed E-state index contributed by atoms with van der Waals surface area (Å²) in [7, 11) is 0. The molecule has 1 saturated heterocycles. The highest BCUT2D eigenvalue weighted by atomic mass is 32.2. The zero-order valence-corrected chi connectivity index (χ0v) is 10.3. The Morgan fingerprint density at radius 2 is 2.27 bits per heavy atom. The summed E-state index contributed by atoms with van der Waals surface area (Å²) in [5.74, 6) is 2.05. The van der Waals surface area contributed by atoms with Crippen molar-refractivity contribution in [3.63, 3.8) is 0 Å². The number of nitrogens with zero attached hydrogens (tertiary/aromatic N) is 3. The van der Waals surface area contributed by atoms with Crippen LogP contribution in [-0.4, -0.2) is 33.6 Å². The summed E-state index contributed by atoms with van der Waals surface area (Å²) in [4.78, 5) is 11.2. The average Bonchev–Trinajstić information content (AvgIpc) is 2.22. The van der Waals surface area contributed by atoms with E-state index in [1.807, 2.05) is 30.9 Å². The predicted molar refractivity (Wildman–Crippen MR) is 65.5 cm³/mol. The van der Waals surface area contributed by atoms with E-state index in [2.05, 4.69) is 28.7 Å². The van der Waals surface area contributed by atoms with E-state index in [9.17, 15) is 0 Å². The van der Waals surface area contributed by atoms with Gasteiger partial charge >= 0.3 is 0 Å². The lowest BCUT2D eigenvalue weighted by Gasteiger charge is -2.37. The van der Waals surface area contributed by atoms with Gasteiger partial charge in [-0.15, -0.1) is 0 Å². The van der Waals surface area contributed by atoms with E-state index >= 15 is 0 Å². The number of anilines is 1. The molecule has 4 heteroatoms. The Morgan fingerprint density at radius 1 is 1.47 bits per heavy atom. The van der Waals surface area contributed by atoms with Gasteiger partial charge in [-0.1, -0.05) is 6.92 Å². The van der Waals surface area contributed by atoms with Crippen molar-refractivity contribution in [3.8, 4) is 0 Å². The van der Waals surface area contributed by atoms with Crippen molar-refractivity contribution in [2.24, 2.45) is 0 Å². The lowest BCUT2D eigenvalue weighted by atomic mass is 10.2. The Bertz CT molecular complexity index is 342. The molecular formula is C11H17N3S. The van der Waals surface area contributed by atoms with Crippen molar-refractivity contribution in [1.82, 2.24) is 9.97 Å². The molecular weight excluding hydrogens is 206 g/mol. The van der Waals surface area contributed by atoms with Crippen molar-refractivity contribution in [3.05, 3.63) is 18.0 Å². The van der Waals surface area contributed by atoms with Gasteiger partial charge in [-0.2, -0.15) is 11.8 Å². The first-order valence-electron chi connectivity index (χ1n) is 5.36. The van der Waals surface area contributed by atoms with Gasteiger partial charge in [-0.25, -0.2) is 9.97 Å². The van der Waals surface area contributed by atoms with Crippen molar-refractivity contribution in [2.45, 2.75) is 32.1 Å². The molecule has 2 atom stereocenters. The van der Waals surface area contributed by atoms with Gasteiger partial charge in [-0.3, -0.25) is 0 Å². The van der Waals surface area contributed by atoms with E-state index in [1.54, 1.807) is 0 Å². The largest absolute Gasteiger partial charge is 0.336 e. The van der Waals surface area contributed by atoms with Crippen LogP contribution in [0.3, 0.4) is 0 Å². The quantitative estimate of drug-likeness (QED) is 0.729. The van der Waals surface area contributed by atoms with Gasteiger partial charge in [0.1, 0.15) is 0 Å². The standard InChI is InChI=1S/C11H17N3S/c1-8-4-5-12-11(13-8)14-6-7-15-10(3)9(14)2/h4-5,9-10H,6-7H2,1-3H3. The molecule has 0 bridgehead atoms. The van der Waals surface area contributed by atoms with Gasteiger partial charge < -0.3 is 4.90 Å². The van der Waals surface area contributed by atoms with Crippen LogP contribution in [-0.2, 0) is 0 Å². The second-order valence-electron chi connectivity index (χ2n) is 4.01. The van der Waals surface area contributed by atoms with Crippen molar-refractivity contribution >= 4 is 17.7 Å². The molecule has 2 rings (SSSR count). The summed E-state index contributed by atoms with van der Waals surface area (Å²) in [6.07, 6.45) is 1.84. The summed E-state index contributed by atoms with van der Waals surface area (Å²) >= 11 is 2.03. The van der Waals surface area contributed by atoms with Gasteiger partial charge in [0.25, 0.3) is 0 Å². The minimum atomic E-state index is 0.519. The first-order chi connectivity index (χ1) is 7.18. The summed E-state index contributed by atoms with van der Waals surface area (Å²) in [5.41, 5.74) is 1.04. The maximum atomic E-state index is 4.49. The number of rotatable bonds is 1. The van der Waals surface area contributed by atoms with Crippen LogP contribution in [0.4, 0.5) is 5.95 Å². The Balaban J connectivity index is 2.22. The molecule has 2 unspecified atom stereocenters. The molecule has 0 N–H and O–H groups in total. The van der Waals surface area contributed by atoms with Gasteiger partial charge in [0, 0.05) is 35.5 Å². The molecule has 1 fully saturated rings. The first-order valence-corrected chi connectivity index (χ1v) is 6.41. The minimum Gasteiger partial charge on any atom is -0.336 e. The Hall–Kier alpha value is -0.770. The first kappa shape index (κ1) is 10.7. The molecule has 0 aliphatic carbocycles. The summed E-state index contributed by atoms with van der Waals surface area (Å²) in [5, 5.41) is 0.655. The maximum Gasteiger partial charge on any atom is 0.225 e. The fraction of sp³-hybridized carbons (Fsp3) is 0.636. The van der Waals surface area contributed by atoms with E-state index < -0.39 is 0 Å². The number of aryl methyl sites for hydroxylation is 1. The van der Waals surface area contributed by atoms with Crippen LogP contribution >= 0.6 is 11.8 Å². The summed E-state index contributed by atoms with van der Waals surface area (Å²) in [6.45, 7) is 7.59. The molecule has 0 aromatic carbocycles. The number of hydrogen-bond donors (Lipinski definition) is 0. The minimum absolute atomic E-state index is 0.519. The molecule has 0 radical (unpaired) electrons. The fourth-order valence-electron chi connectivity index (χ4n) is 1.79. The summed E-state index contributed by atoms with van der Waals surface area (Å²) in [6, 6.07) is 2.46. The van der Waals surface area contributed by atoms with Gasteiger partial charge in [0.05, 0.1) is 0 Å². The molecule has 2 heterocycles. The monoisotopic (exact) mass is 223 g/mol. The SMILES string of the molecule is Cc1ccnc(N2CCSC(C)C2C)n1. The van der Waals surface area contributed by atoms with Crippen LogP contribution in [0.25, 0.3) is 0 Å². The smallest absolute Gasteiger partial charge is 0.225 e. The van der Waals surface area contributed by atoms with Gasteiger partial charge in [-0.05, 0) is 19.9 Å². The second-order valence-corrected chi connectivity index (χ2v) is 5.49. The van der Waals surface area contributed by atoms with E-state index in [4.69, 9.17) is 0 Å². The number of hydrogen-bond acceptors (Lipinski definition) is 4. The molecule has 0 saturated carbocycles. The molecule has 0 spiro atoms. The highest BCUT2D eigenvalue weighted by Crippen LogP contribution is 2.26. The van der Waals surface area contributed by atoms with E-state index in [-0.39, 0.29) is 0 Å². The van der Waals surface area contributed by atoms with Crippen LogP contribution in [0.15, 0.2) is 12.3 Å². The third kappa shape index (κ3) is 2.25. The molecule has 1 aromatic heterocycles. The predicted octanol–water partition coefficient (Wildman–Crippen LogP) is 2.12. The van der Waals surface area contributed by atoms with Crippen LogP contribution in [0, 0.1) is 6.92 Å².